The van der Waals surface area contributed by atoms with Crippen molar-refractivity contribution in [2.45, 2.75) is 36.3 Å². The van der Waals surface area contributed by atoms with Crippen LogP contribution in [-0.2, 0) is 13.0 Å². The van der Waals surface area contributed by atoms with E-state index in [0.717, 1.165) is 18.0 Å². The highest BCUT2D eigenvalue weighted by atomic mass is 35.5. The van der Waals surface area contributed by atoms with E-state index in [0.29, 0.717) is 4.08 Å². The van der Waals surface area contributed by atoms with Gasteiger partial charge in [-0.3, -0.25) is 0 Å². The largest absolute Gasteiger partial charge is 0.335 e. The lowest BCUT2D eigenvalue weighted by Gasteiger charge is -2.36. The van der Waals surface area contributed by atoms with Crippen LogP contribution < -0.4 is 0 Å². The molecule has 0 saturated carbocycles. The second-order valence-electron chi connectivity index (χ2n) is 5.68. The molecule has 1 saturated heterocycles. The smallest absolute Gasteiger partial charge is 0.0946 e. The number of halogens is 1. The van der Waals surface area contributed by atoms with Crippen molar-refractivity contribution in [3.05, 3.63) is 53.6 Å². The first-order valence-corrected chi connectivity index (χ1v) is 10.1. The van der Waals surface area contributed by atoms with Crippen LogP contribution >= 0.6 is 35.1 Å². The maximum absolute atomic E-state index is 5.95. The molecule has 2 heterocycles. The molecule has 1 aromatic heterocycles. The summed E-state index contributed by atoms with van der Waals surface area (Å²) in [5.41, 5.74) is 1.38. The summed E-state index contributed by atoms with van der Waals surface area (Å²) in [6.07, 6.45) is 10.8. The van der Waals surface area contributed by atoms with Gasteiger partial charge in [-0.15, -0.1) is 23.5 Å². The van der Waals surface area contributed by atoms with Crippen LogP contribution in [0.15, 0.2) is 43.0 Å². The molecule has 2 aromatic rings. The summed E-state index contributed by atoms with van der Waals surface area (Å²) >= 11 is 10.2. The lowest BCUT2D eigenvalue weighted by molar-refractivity contribution is 0.566. The molecule has 0 radical (unpaired) electrons. The van der Waals surface area contributed by atoms with Gasteiger partial charge in [0, 0.05) is 24.0 Å². The topological polar surface area (TPSA) is 17.8 Å². The van der Waals surface area contributed by atoms with E-state index in [1.165, 1.54) is 36.3 Å². The summed E-state index contributed by atoms with van der Waals surface area (Å²) in [7, 11) is 0. The van der Waals surface area contributed by atoms with E-state index in [9.17, 15) is 0 Å². The second kappa shape index (κ2) is 7.80. The van der Waals surface area contributed by atoms with E-state index in [1.807, 2.05) is 24.7 Å². The molecule has 0 atom stereocenters. The van der Waals surface area contributed by atoms with Gasteiger partial charge in [0.2, 0.25) is 0 Å². The van der Waals surface area contributed by atoms with Crippen LogP contribution in [0.2, 0.25) is 5.02 Å². The maximum Gasteiger partial charge on any atom is 0.0946 e. The third kappa shape index (κ3) is 4.46. The molecular formula is C17H21ClN2S2. The summed E-state index contributed by atoms with van der Waals surface area (Å²) in [5, 5.41) is 0.818. The van der Waals surface area contributed by atoms with Crippen molar-refractivity contribution in [2.75, 3.05) is 11.5 Å². The zero-order valence-electron chi connectivity index (χ0n) is 12.6. The fourth-order valence-electron chi connectivity index (χ4n) is 2.80. The van der Waals surface area contributed by atoms with Crippen LogP contribution in [0.3, 0.4) is 0 Å². The molecule has 0 bridgehead atoms. The monoisotopic (exact) mass is 352 g/mol. The minimum atomic E-state index is 0.311. The molecule has 1 aliphatic heterocycles. The molecule has 22 heavy (non-hydrogen) atoms. The van der Waals surface area contributed by atoms with E-state index in [4.69, 9.17) is 11.6 Å². The van der Waals surface area contributed by atoms with Crippen molar-refractivity contribution >= 4 is 35.1 Å². The number of aromatic nitrogens is 2. The first-order valence-electron chi connectivity index (χ1n) is 7.74. The van der Waals surface area contributed by atoms with Gasteiger partial charge in [0.05, 0.1) is 10.4 Å². The van der Waals surface area contributed by atoms with Crippen molar-refractivity contribution in [1.29, 1.82) is 0 Å². The van der Waals surface area contributed by atoms with Gasteiger partial charge in [0.1, 0.15) is 0 Å². The predicted octanol–water partition coefficient (Wildman–Crippen LogP) is 5.13. The van der Waals surface area contributed by atoms with Gasteiger partial charge < -0.3 is 4.57 Å². The number of rotatable bonds is 6. The number of imidazole rings is 1. The zero-order valence-corrected chi connectivity index (χ0v) is 15.0. The van der Waals surface area contributed by atoms with Gasteiger partial charge in [0.25, 0.3) is 0 Å². The third-order valence-corrected chi connectivity index (χ3v) is 7.60. The Kier molecular flexibility index (Phi) is 5.77. The first-order chi connectivity index (χ1) is 10.8. The highest BCUT2D eigenvalue weighted by Gasteiger charge is 2.33. The Balaban J connectivity index is 1.59. The van der Waals surface area contributed by atoms with E-state index in [2.05, 4.69) is 51.4 Å². The molecule has 2 nitrogen and oxygen atoms in total. The number of hydrogen-bond donors (Lipinski definition) is 0. The summed E-state index contributed by atoms with van der Waals surface area (Å²) in [6, 6.07) is 8.27. The normalized spacial score (nSPS) is 17.5. The summed E-state index contributed by atoms with van der Waals surface area (Å²) < 4.78 is 2.54. The highest BCUT2D eigenvalue weighted by Crippen LogP contribution is 2.46. The van der Waals surface area contributed by atoms with Crippen molar-refractivity contribution in [1.82, 2.24) is 9.55 Å². The van der Waals surface area contributed by atoms with Crippen LogP contribution in [0, 0.1) is 0 Å². The standard InChI is InChI=1S/C17H21ClN2S2/c18-16-6-4-15(5-7-16)3-1-8-17(21-11-2-12-22-17)13-20-10-9-19-14-20/h4-7,9-10,14H,1-3,8,11-13H2. The average molecular weight is 353 g/mol. The van der Waals surface area contributed by atoms with Crippen molar-refractivity contribution < 1.29 is 0 Å². The molecule has 0 amide bonds. The lowest BCUT2D eigenvalue weighted by atomic mass is 10.1. The zero-order chi connectivity index (χ0) is 15.3. The summed E-state index contributed by atoms with van der Waals surface area (Å²) in [4.78, 5) is 4.19. The number of thioether (sulfide) groups is 2. The highest BCUT2D eigenvalue weighted by molar-refractivity contribution is 8.18. The SMILES string of the molecule is Clc1ccc(CCCC2(Cn3ccnc3)SCCCS2)cc1. The Hall–Kier alpha value is -0.580. The number of aryl methyl sites for hydroxylation is 1. The summed E-state index contributed by atoms with van der Waals surface area (Å²) in [6.45, 7) is 1.06. The van der Waals surface area contributed by atoms with Crippen molar-refractivity contribution in [3.63, 3.8) is 0 Å². The molecule has 5 heteroatoms. The van der Waals surface area contributed by atoms with Gasteiger partial charge in [-0.25, -0.2) is 4.98 Å². The molecule has 0 unspecified atom stereocenters. The Morgan fingerprint density at radius 3 is 2.64 bits per heavy atom. The molecule has 0 N–H and O–H groups in total. The van der Waals surface area contributed by atoms with E-state index in [-0.39, 0.29) is 0 Å². The molecule has 1 fully saturated rings. The quantitative estimate of drug-likeness (QED) is 0.718. The number of benzene rings is 1. The molecule has 1 aromatic carbocycles. The second-order valence-corrected chi connectivity index (χ2v) is 9.33. The van der Waals surface area contributed by atoms with Crippen molar-refractivity contribution in [3.8, 4) is 0 Å². The Morgan fingerprint density at radius 1 is 1.18 bits per heavy atom. The van der Waals surface area contributed by atoms with Crippen LogP contribution in [0.1, 0.15) is 24.8 Å². The van der Waals surface area contributed by atoms with Gasteiger partial charge >= 0.3 is 0 Å². The molecule has 0 spiro atoms. The van der Waals surface area contributed by atoms with Crippen LogP contribution in [0.25, 0.3) is 0 Å². The van der Waals surface area contributed by atoms with E-state index in [1.54, 1.807) is 0 Å². The van der Waals surface area contributed by atoms with Gasteiger partial charge in [-0.1, -0.05) is 23.7 Å². The van der Waals surface area contributed by atoms with Crippen LogP contribution in [-0.4, -0.2) is 25.1 Å². The fraction of sp³-hybridized carbons (Fsp3) is 0.471. The summed E-state index contributed by atoms with van der Waals surface area (Å²) in [5.74, 6) is 2.56. The third-order valence-electron chi connectivity index (χ3n) is 3.94. The van der Waals surface area contributed by atoms with Crippen LogP contribution in [0.5, 0.6) is 0 Å². The first kappa shape index (κ1) is 16.3. The minimum absolute atomic E-state index is 0.311. The van der Waals surface area contributed by atoms with E-state index < -0.39 is 0 Å². The van der Waals surface area contributed by atoms with Crippen LogP contribution in [0.4, 0.5) is 0 Å². The molecule has 118 valence electrons. The van der Waals surface area contributed by atoms with Crippen molar-refractivity contribution in [2.24, 2.45) is 0 Å². The van der Waals surface area contributed by atoms with E-state index >= 15 is 0 Å². The molecule has 0 aliphatic carbocycles. The lowest BCUT2D eigenvalue weighted by Crippen LogP contribution is -2.30. The molecular weight excluding hydrogens is 332 g/mol. The molecule has 3 rings (SSSR count). The Morgan fingerprint density at radius 2 is 1.95 bits per heavy atom. The number of nitrogens with zero attached hydrogens (tertiary/aromatic N) is 2. The average Bonchev–Trinajstić information content (AvgIpc) is 3.03. The minimum Gasteiger partial charge on any atom is -0.335 e. The van der Waals surface area contributed by atoms with Gasteiger partial charge in [-0.05, 0) is 54.9 Å². The maximum atomic E-state index is 5.95. The Labute approximate surface area is 146 Å². The molecule has 1 aliphatic rings. The van der Waals surface area contributed by atoms with Gasteiger partial charge in [0.15, 0.2) is 0 Å². The Bertz CT molecular complexity index is 563. The predicted molar refractivity (Wildman–Crippen MR) is 98.9 cm³/mol. The number of hydrogen-bond acceptors (Lipinski definition) is 3. The fourth-order valence-corrected chi connectivity index (χ4v) is 6.32. The van der Waals surface area contributed by atoms with Gasteiger partial charge in [-0.2, -0.15) is 0 Å².